The molecule has 0 spiro atoms. The fraction of sp³-hybridized carbons (Fsp3) is 0.750. The van der Waals surface area contributed by atoms with Gasteiger partial charge in [0, 0.05) is 37.4 Å². The first kappa shape index (κ1) is 15.4. The summed E-state index contributed by atoms with van der Waals surface area (Å²) in [6.45, 7) is 5.08. The van der Waals surface area contributed by atoms with Crippen molar-refractivity contribution in [2.45, 2.75) is 24.9 Å². The molecule has 0 bridgehead atoms. The van der Waals surface area contributed by atoms with E-state index in [9.17, 15) is 8.42 Å². The molecule has 1 aliphatic heterocycles. The minimum atomic E-state index is -3.52. The number of likely N-dealkylation sites (N-methyl/N-ethyl adjacent to an activating group) is 1. The van der Waals surface area contributed by atoms with Crippen molar-refractivity contribution >= 4 is 10.0 Å². The Balaban J connectivity index is 2.30. The quantitative estimate of drug-likeness (QED) is 0.802. The molecule has 0 aliphatic carbocycles. The number of hydrogen-bond donors (Lipinski definition) is 2. The molecule has 0 unspecified atom stereocenters. The van der Waals surface area contributed by atoms with Crippen molar-refractivity contribution in [2.75, 3.05) is 40.3 Å². The highest BCUT2D eigenvalue weighted by Crippen LogP contribution is 2.21. The van der Waals surface area contributed by atoms with Crippen LogP contribution in [0.4, 0.5) is 0 Å². The molecule has 8 heteroatoms. The Labute approximate surface area is 120 Å². The van der Waals surface area contributed by atoms with Crippen molar-refractivity contribution in [3.63, 3.8) is 0 Å². The van der Waals surface area contributed by atoms with E-state index in [1.165, 1.54) is 0 Å². The Bertz CT molecular complexity index is 554. The highest BCUT2D eigenvalue weighted by atomic mass is 32.2. The van der Waals surface area contributed by atoms with Crippen molar-refractivity contribution in [2.24, 2.45) is 0 Å². The lowest BCUT2D eigenvalue weighted by Crippen LogP contribution is -2.35. The smallest absolute Gasteiger partial charge is 0.262 e. The minimum absolute atomic E-state index is 0.161. The third kappa shape index (κ3) is 3.03. The second kappa shape index (κ2) is 6.21. The minimum Gasteiger partial charge on any atom is -0.316 e. The second-order valence-electron chi connectivity index (χ2n) is 5.22. The molecule has 2 rings (SSSR count). The SMILES string of the molecule is CNCc1c(S(=O)(=O)N2CCCN(C)CC2)n[nH]c1C. The molecule has 20 heavy (non-hydrogen) atoms. The summed E-state index contributed by atoms with van der Waals surface area (Å²) in [6.07, 6.45) is 0.848. The van der Waals surface area contributed by atoms with Crippen LogP contribution in [-0.2, 0) is 16.6 Å². The molecule has 1 aromatic rings. The zero-order valence-corrected chi connectivity index (χ0v) is 13.1. The number of rotatable bonds is 4. The molecule has 0 saturated carbocycles. The van der Waals surface area contributed by atoms with Crippen LogP contribution in [0.3, 0.4) is 0 Å². The lowest BCUT2D eigenvalue weighted by Gasteiger charge is -2.19. The van der Waals surface area contributed by atoms with E-state index in [0.717, 1.165) is 30.8 Å². The van der Waals surface area contributed by atoms with Crippen LogP contribution >= 0.6 is 0 Å². The summed E-state index contributed by atoms with van der Waals surface area (Å²) in [5.41, 5.74) is 1.52. The van der Waals surface area contributed by atoms with E-state index < -0.39 is 10.0 Å². The number of hydrogen-bond acceptors (Lipinski definition) is 5. The molecule has 0 amide bonds. The van der Waals surface area contributed by atoms with Gasteiger partial charge < -0.3 is 10.2 Å². The van der Waals surface area contributed by atoms with Crippen LogP contribution in [-0.4, -0.2) is 68.1 Å². The molecule has 2 N–H and O–H groups in total. The van der Waals surface area contributed by atoms with E-state index in [1.807, 2.05) is 14.0 Å². The molecule has 0 aromatic carbocycles. The third-order valence-electron chi connectivity index (χ3n) is 3.65. The molecule has 114 valence electrons. The number of sulfonamides is 1. The number of aryl methyl sites for hydroxylation is 1. The topological polar surface area (TPSA) is 81.3 Å². The highest BCUT2D eigenvalue weighted by molar-refractivity contribution is 7.89. The van der Waals surface area contributed by atoms with Gasteiger partial charge in [0.15, 0.2) is 5.03 Å². The number of aromatic amines is 1. The standard InChI is InChI=1S/C12H23N5O2S/c1-10-11(9-13-2)12(15-14-10)20(18,19)17-6-4-5-16(3)7-8-17/h13H,4-9H2,1-3H3,(H,14,15). The van der Waals surface area contributed by atoms with Crippen molar-refractivity contribution in [1.29, 1.82) is 0 Å². The summed E-state index contributed by atoms with van der Waals surface area (Å²) < 4.78 is 27.1. The molecule has 0 radical (unpaired) electrons. The van der Waals surface area contributed by atoms with Gasteiger partial charge in [0.25, 0.3) is 10.0 Å². The Morgan fingerprint density at radius 1 is 1.30 bits per heavy atom. The molecule has 7 nitrogen and oxygen atoms in total. The first-order chi connectivity index (χ1) is 9.46. The van der Waals surface area contributed by atoms with Gasteiger partial charge in [-0.3, -0.25) is 5.10 Å². The maximum Gasteiger partial charge on any atom is 0.262 e. The van der Waals surface area contributed by atoms with E-state index in [2.05, 4.69) is 20.4 Å². The normalized spacial score (nSPS) is 19.1. The lowest BCUT2D eigenvalue weighted by molar-refractivity contribution is 0.347. The fourth-order valence-corrected chi connectivity index (χ4v) is 4.05. The molecular formula is C12H23N5O2S. The summed E-state index contributed by atoms with van der Waals surface area (Å²) in [6, 6.07) is 0. The van der Waals surface area contributed by atoms with E-state index in [0.29, 0.717) is 19.6 Å². The van der Waals surface area contributed by atoms with Gasteiger partial charge in [-0.15, -0.1) is 0 Å². The van der Waals surface area contributed by atoms with Gasteiger partial charge in [0.05, 0.1) is 0 Å². The van der Waals surface area contributed by atoms with Crippen LogP contribution in [0.15, 0.2) is 5.03 Å². The molecule has 1 aromatic heterocycles. The second-order valence-corrected chi connectivity index (χ2v) is 7.08. The summed E-state index contributed by atoms with van der Waals surface area (Å²) in [7, 11) is 0.294. The largest absolute Gasteiger partial charge is 0.316 e. The number of nitrogens with zero attached hydrogens (tertiary/aromatic N) is 3. The molecule has 2 heterocycles. The van der Waals surface area contributed by atoms with Gasteiger partial charge in [0.2, 0.25) is 0 Å². The Hall–Kier alpha value is -0.960. The Morgan fingerprint density at radius 3 is 2.75 bits per heavy atom. The van der Waals surface area contributed by atoms with E-state index in [1.54, 1.807) is 11.4 Å². The zero-order valence-electron chi connectivity index (χ0n) is 12.3. The van der Waals surface area contributed by atoms with Crippen molar-refractivity contribution in [3.8, 4) is 0 Å². The molecule has 1 fully saturated rings. The molecular weight excluding hydrogens is 278 g/mol. The van der Waals surface area contributed by atoms with Gasteiger partial charge in [-0.25, -0.2) is 8.42 Å². The van der Waals surface area contributed by atoms with Crippen molar-refractivity contribution < 1.29 is 8.42 Å². The monoisotopic (exact) mass is 301 g/mol. The van der Waals surface area contributed by atoms with Crippen LogP contribution in [0, 0.1) is 6.92 Å². The lowest BCUT2D eigenvalue weighted by atomic mass is 10.3. The molecule has 1 saturated heterocycles. The van der Waals surface area contributed by atoms with Gasteiger partial charge >= 0.3 is 0 Å². The predicted molar refractivity (Wildman–Crippen MR) is 77.0 cm³/mol. The van der Waals surface area contributed by atoms with Crippen LogP contribution in [0.5, 0.6) is 0 Å². The summed E-state index contributed by atoms with van der Waals surface area (Å²) in [4.78, 5) is 2.15. The summed E-state index contributed by atoms with van der Waals surface area (Å²) in [5.74, 6) is 0. The van der Waals surface area contributed by atoms with Crippen LogP contribution < -0.4 is 5.32 Å². The van der Waals surface area contributed by atoms with Gasteiger partial charge in [-0.05, 0) is 34.0 Å². The first-order valence-corrected chi connectivity index (χ1v) is 8.28. The average Bonchev–Trinajstić information content (AvgIpc) is 2.62. The van der Waals surface area contributed by atoms with Crippen molar-refractivity contribution in [3.05, 3.63) is 11.3 Å². The Morgan fingerprint density at radius 2 is 2.05 bits per heavy atom. The van der Waals surface area contributed by atoms with E-state index in [-0.39, 0.29) is 5.03 Å². The third-order valence-corrected chi connectivity index (χ3v) is 5.52. The zero-order chi connectivity index (χ0) is 14.8. The number of H-pyrrole nitrogens is 1. The van der Waals surface area contributed by atoms with E-state index in [4.69, 9.17) is 0 Å². The average molecular weight is 301 g/mol. The summed E-state index contributed by atoms with van der Waals surface area (Å²) in [5, 5.41) is 9.96. The number of nitrogens with one attached hydrogen (secondary N) is 2. The van der Waals surface area contributed by atoms with Crippen LogP contribution in [0.1, 0.15) is 17.7 Å². The van der Waals surface area contributed by atoms with Gasteiger partial charge in [0.1, 0.15) is 0 Å². The van der Waals surface area contributed by atoms with Gasteiger partial charge in [-0.2, -0.15) is 9.40 Å². The van der Waals surface area contributed by atoms with E-state index >= 15 is 0 Å². The van der Waals surface area contributed by atoms with Crippen LogP contribution in [0.25, 0.3) is 0 Å². The molecule has 0 atom stereocenters. The number of aromatic nitrogens is 2. The summed E-state index contributed by atoms with van der Waals surface area (Å²) >= 11 is 0. The first-order valence-electron chi connectivity index (χ1n) is 6.84. The maximum atomic E-state index is 12.8. The fourth-order valence-electron chi connectivity index (χ4n) is 2.41. The predicted octanol–water partition coefficient (Wildman–Crippen LogP) is -0.236. The molecule has 1 aliphatic rings. The van der Waals surface area contributed by atoms with Gasteiger partial charge in [-0.1, -0.05) is 0 Å². The maximum absolute atomic E-state index is 12.8. The highest BCUT2D eigenvalue weighted by Gasteiger charge is 2.31. The van der Waals surface area contributed by atoms with Crippen molar-refractivity contribution in [1.82, 2.24) is 24.7 Å². The Kier molecular flexibility index (Phi) is 4.79. The van der Waals surface area contributed by atoms with Crippen LogP contribution in [0.2, 0.25) is 0 Å².